The first kappa shape index (κ1) is 13.6. The number of carboxylic acids is 1. The standard InChI is InChI=1S/C13H18N2O4/c1-8-10(7-14-19-8)12(16)15-11(13(17)18)9-5-3-2-4-6-9/h7,9,11H,2-6H2,1H3,(H,15,16)(H,17,18). The molecule has 1 aromatic heterocycles. The highest BCUT2D eigenvalue weighted by atomic mass is 16.5. The summed E-state index contributed by atoms with van der Waals surface area (Å²) in [6, 6.07) is -0.831. The third-order valence-electron chi connectivity index (χ3n) is 3.67. The Morgan fingerprint density at radius 1 is 1.42 bits per heavy atom. The van der Waals surface area contributed by atoms with Crippen LogP contribution < -0.4 is 5.32 Å². The second-order valence-corrected chi connectivity index (χ2v) is 4.98. The minimum absolute atomic E-state index is 0.00960. The molecule has 6 heteroatoms. The van der Waals surface area contributed by atoms with Crippen LogP contribution in [-0.2, 0) is 4.79 Å². The van der Waals surface area contributed by atoms with Crippen molar-refractivity contribution in [3.8, 4) is 0 Å². The zero-order valence-electron chi connectivity index (χ0n) is 10.9. The van der Waals surface area contributed by atoms with Crippen LogP contribution in [0.15, 0.2) is 10.7 Å². The maximum atomic E-state index is 12.0. The smallest absolute Gasteiger partial charge is 0.326 e. The third-order valence-corrected chi connectivity index (χ3v) is 3.67. The van der Waals surface area contributed by atoms with Gasteiger partial charge in [-0.3, -0.25) is 4.79 Å². The van der Waals surface area contributed by atoms with Gasteiger partial charge in [-0.15, -0.1) is 0 Å². The van der Waals surface area contributed by atoms with Crippen LogP contribution in [0.3, 0.4) is 0 Å². The second-order valence-electron chi connectivity index (χ2n) is 4.98. The molecular weight excluding hydrogens is 248 g/mol. The summed E-state index contributed by atoms with van der Waals surface area (Å²) in [7, 11) is 0. The molecule has 1 aromatic rings. The van der Waals surface area contributed by atoms with E-state index in [2.05, 4.69) is 10.5 Å². The lowest BCUT2D eigenvalue weighted by Crippen LogP contribution is -2.46. The summed E-state index contributed by atoms with van der Waals surface area (Å²) in [6.07, 6.45) is 6.19. The molecule has 1 amide bonds. The Morgan fingerprint density at radius 2 is 2.11 bits per heavy atom. The Labute approximate surface area is 111 Å². The van der Waals surface area contributed by atoms with Crippen molar-refractivity contribution < 1.29 is 19.2 Å². The number of carbonyl (C=O) groups excluding carboxylic acids is 1. The van der Waals surface area contributed by atoms with Crippen molar-refractivity contribution >= 4 is 11.9 Å². The van der Waals surface area contributed by atoms with E-state index < -0.39 is 17.9 Å². The Balaban J connectivity index is 2.06. The monoisotopic (exact) mass is 266 g/mol. The molecule has 0 aliphatic heterocycles. The van der Waals surface area contributed by atoms with Crippen LogP contribution in [0, 0.1) is 12.8 Å². The summed E-state index contributed by atoms with van der Waals surface area (Å²) in [4.78, 5) is 23.3. The minimum atomic E-state index is -0.977. The quantitative estimate of drug-likeness (QED) is 0.866. The van der Waals surface area contributed by atoms with Crippen molar-refractivity contribution in [1.82, 2.24) is 10.5 Å². The first-order chi connectivity index (χ1) is 9.09. The molecule has 1 unspecified atom stereocenters. The van der Waals surface area contributed by atoms with E-state index in [1.165, 1.54) is 6.20 Å². The molecule has 104 valence electrons. The maximum absolute atomic E-state index is 12.0. The van der Waals surface area contributed by atoms with Crippen molar-refractivity contribution in [3.05, 3.63) is 17.5 Å². The number of aromatic nitrogens is 1. The van der Waals surface area contributed by atoms with Crippen LogP contribution in [0.1, 0.15) is 48.2 Å². The highest BCUT2D eigenvalue weighted by molar-refractivity contribution is 5.97. The van der Waals surface area contributed by atoms with Crippen LogP contribution in [0.2, 0.25) is 0 Å². The summed E-state index contributed by atoms with van der Waals surface area (Å²) in [5.41, 5.74) is 0.294. The predicted molar refractivity (Wildman–Crippen MR) is 66.7 cm³/mol. The highest BCUT2D eigenvalue weighted by Crippen LogP contribution is 2.27. The number of carboxylic acid groups (broad SMARTS) is 1. The van der Waals surface area contributed by atoms with Crippen molar-refractivity contribution in [3.63, 3.8) is 0 Å². The number of nitrogens with one attached hydrogen (secondary N) is 1. The Hall–Kier alpha value is -1.85. The van der Waals surface area contributed by atoms with Crippen LogP contribution in [0.25, 0.3) is 0 Å². The molecule has 6 nitrogen and oxygen atoms in total. The number of rotatable bonds is 4. The highest BCUT2D eigenvalue weighted by Gasteiger charge is 2.31. The zero-order chi connectivity index (χ0) is 13.8. The summed E-state index contributed by atoms with van der Waals surface area (Å²) in [6.45, 7) is 1.62. The molecule has 19 heavy (non-hydrogen) atoms. The molecule has 0 spiro atoms. The van der Waals surface area contributed by atoms with Crippen molar-refractivity contribution in [2.24, 2.45) is 5.92 Å². The van der Waals surface area contributed by atoms with Gasteiger partial charge in [0, 0.05) is 0 Å². The molecule has 1 aliphatic carbocycles. The summed E-state index contributed by atoms with van der Waals surface area (Å²) in [5, 5.41) is 15.4. The van der Waals surface area contributed by atoms with E-state index in [0.29, 0.717) is 11.3 Å². The Morgan fingerprint density at radius 3 is 2.63 bits per heavy atom. The Kier molecular flexibility index (Phi) is 4.19. The van der Waals surface area contributed by atoms with E-state index in [1.807, 2.05) is 0 Å². The van der Waals surface area contributed by atoms with Gasteiger partial charge < -0.3 is 14.9 Å². The second kappa shape index (κ2) is 5.86. The van der Waals surface area contributed by atoms with Crippen molar-refractivity contribution in [1.29, 1.82) is 0 Å². The number of aliphatic carboxylic acids is 1. The van der Waals surface area contributed by atoms with Crippen molar-refractivity contribution in [2.75, 3.05) is 0 Å². The van der Waals surface area contributed by atoms with Crippen molar-refractivity contribution in [2.45, 2.75) is 45.1 Å². The molecule has 1 aliphatic rings. The van der Waals surface area contributed by atoms with Gasteiger partial charge in [-0.25, -0.2) is 4.79 Å². The fourth-order valence-corrected chi connectivity index (χ4v) is 2.58. The van der Waals surface area contributed by atoms with Gasteiger partial charge >= 0.3 is 5.97 Å². The largest absolute Gasteiger partial charge is 0.480 e. The van der Waals surface area contributed by atoms with Gasteiger partial charge in [-0.2, -0.15) is 0 Å². The third kappa shape index (κ3) is 3.13. The molecule has 0 bridgehead atoms. The van der Waals surface area contributed by atoms with E-state index in [0.717, 1.165) is 32.1 Å². The van der Waals surface area contributed by atoms with E-state index in [1.54, 1.807) is 6.92 Å². The van der Waals surface area contributed by atoms with E-state index in [4.69, 9.17) is 4.52 Å². The molecule has 0 saturated heterocycles. The fraction of sp³-hybridized carbons (Fsp3) is 0.615. The first-order valence-corrected chi connectivity index (χ1v) is 6.54. The molecule has 0 aromatic carbocycles. The van der Waals surface area contributed by atoms with Gasteiger partial charge in [0.15, 0.2) is 0 Å². The van der Waals surface area contributed by atoms with Gasteiger partial charge in [0.1, 0.15) is 17.4 Å². The van der Waals surface area contributed by atoms with Gasteiger partial charge in [0.25, 0.3) is 5.91 Å². The van der Waals surface area contributed by atoms with E-state index in [9.17, 15) is 14.7 Å². The van der Waals surface area contributed by atoms with Crippen LogP contribution in [0.5, 0.6) is 0 Å². The normalized spacial score (nSPS) is 17.9. The summed E-state index contributed by atoms with van der Waals surface area (Å²) < 4.78 is 4.81. The lowest BCUT2D eigenvalue weighted by atomic mass is 9.84. The fourth-order valence-electron chi connectivity index (χ4n) is 2.58. The topological polar surface area (TPSA) is 92.4 Å². The molecular formula is C13H18N2O4. The predicted octanol–water partition coefficient (Wildman–Crippen LogP) is 1.75. The average molecular weight is 266 g/mol. The summed E-state index contributed by atoms with van der Waals surface area (Å²) >= 11 is 0. The number of carbonyl (C=O) groups is 2. The SMILES string of the molecule is Cc1oncc1C(=O)NC(C(=O)O)C1CCCCC1. The lowest BCUT2D eigenvalue weighted by molar-refractivity contribution is -0.141. The molecule has 2 N–H and O–H groups in total. The van der Waals surface area contributed by atoms with E-state index >= 15 is 0 Å². The first-order valence-electron chi connectivity index (χ1n) is 6.54. The lowest BCUT2D eigenvalue weighted by Gasteiger charge is -2.27. The van der Waals surface area contributed by atoms with Gasteiger partial charge in [0.2, 0.25) is 0 Å². The summed E-state index contributed by atoms with van der Waals surface area (Å²) in [5.74, 6) is -1.01. The maximum Gasteiger partial charge on any atom is 0.326 e. The molecule has 2 rings (SSSR count). The van der Waals surface area contributed by atoms with Crippen LogP contribution in [-0.4, -0.2) is 28.2 Å². The molecule has 1 atom stereocenters. The Bertz CT molecular complexity index is 463. The van der Waals surface area contributed by atoms with Gasteiger partial charge in [-0.05, 0) is 25.7 Å². The number of aryl methyl sites for hydroxylation is 1. The average Bonchev–Trinajstić information content (AvgIpc) is 2.82. The zero-order valence-corrected chi connectivity index (χ0v) is 10.9. The molecule has 1 heterocycles. The molecule has 1 fully saturated rings. The minimum Gasteiger partial charge on any atom is -0.480 e. The molecule has 0 radical (unpaired) electrons. The number of hydrogen-bond acceptors (Lipinski definition) is 4. The number of amides is 1. The van der Waals surface area contributed by atoms with Crippen LogP contribution >= 0.6 is 0 Å². The van der Waals surface area contributed by atoms with Crippen LogP contribution in [0.4, 0.5) is 0 Å². The number of nitrogens with zero attached hydrogens (tertiary/aromatic N) is 1. The van der Waals surface area contributed by atoms with Gasteiger partial charge in [0.05, 0.1) is 6.20 Å². The molecule has 1 saturated carbocycles. The number of hydrogen-bond donors (Lipinski definition) is 2. The van der Waals surface area contributed by atoms with Gasteiger partial charge in [-0.1, -0.05) is 24.4 Å². The van der Waals surface area contributed by atoms with E-state index in [-0.39, 0.29) is 5.92 Å².